The van der Waals surface area contributed by atoms with Gasteiger partial charge in [-0.3, -0.25) is 14.3 Å². The summed E-state index contributed by atoms with van der Waals surface area (Å²) in [6.45, 7) is 1.72. The summed E-state index contributed by atoms with van der Waals surface area (Å²) >= 11 is 1.65. The fourth-order valence-electron chi connectivity index (χ4n) is 6.01. The average Bonchev–Trinajstić information content (AvgIpc) is 3.56. The molecule has 2 aromatic heterocycles. The van der Waals surface area contributed by atoms with Gasteiger partial charge in [0, 0.05) is 35.9 Å². The molecule has 0 aliphatic carbocycles. The standard InChI is InChI=1S/C23H24N4O2S/c1-29-20-8-3-2-6-18(20)26-15-16-14-19(27-12-5-9-23(16,27)21(26)28)17-7-4-11-25(17)22-24-10-13-30-22/h2-4,6-8,10-11,13,16,19H,5,9,12,14-15H2,1H3/t16-,19-,23-/m0/s1. The number of ether oxygens (including phenoxy) is 1. The number of hydrogen-bond acceptors (Lipinski definition) is 5. The van der Waals surface area contributed by atoms with Gasteiger partial charge in [-0.25, -0.2) is 4.98 Å². The van der Waals surface area contributed by atoms with Gasteiger partial charge in [0.15, 0.2) is 5.13 Å². The van der Waals surface area contributed by atoms with E-state index in [0.29, 0.717) is 5.92 Å². The second-order valence-electron chi connectivity index (χ2n) is 8.37. The molecule has 1 aromatic carbocycles. The predicted molar refractivity (Wildman–Crippen MR) is 116 cm³/mol. The highest BCUT2D eigenvalue weighted by Gasteiger charge is 2.65. The zero-order chi connectivity index (χ0) is 20.3. The van der Waals surface area contributed by atoms with E-state index in [1.807, 2.05) is 40.7 Å². The molecule has 154 valence electrons. The van der Waals surface area contributed by atoms with Crippen molar-refractivity contribution >= 4 is 22.9 Å². The monoisotopic (exact) mass is 420 g/mol. The number of rotatable bonds is 4. The van der Waals surface area contributed by atoms with Crippen LogP contribution in [0, 0.1) is 5.92 Å². The van der Waals surface area contributed by atoms with Crippen LogP contribution in [0.1, 0.15) is 31.0 Å². The molecule has 3 saturated heterocycles. The number of aromatic nitrogens is 2. The summed E-state index contributed by atoms with van der Waals surface area (Å²) in [5, 5.41) is 3.00. The number of carbonyl (C=O) groups excluding carboxylic acids is 1. The lowest BCUT2D eigenvalue weighted by atomic mass is 9.85. The molecule has 7 heteroatoms. The Labute approximate surface area is 179 Å². The van der Waals surface area contributed by atoms with Crippen LogP contribution in [0.15, 0.2) is 54.2 Å². The van der Waals surface area contributed by atoms with E-state index in [0.717, 1.165) is 48.9 Å². The van der Waals surface area contributed by atoms with Crippen LogP contribution in [-0.2, 0) is 4.79 Å². The van der Waals surface area contributed by atoms with Gasteiger partial charge in [-0.05, 0) is 50.1 Å². The summed E-state index contributed by atoms with van der Waals surface area (Å²) in [6, 6.07) is 12.4. The summed E-state index contributed by atoms with van der Waals surface area (Å²) in [7, 11) is 1.67. The Morgan fingerprint density at radius 3 is 2.97 bits per heavy atom. The van der Waals surface area contributed by atoms with Crippen molar-refractivity contribution in [2.45, 2.75) is 30.8 Å². The third-order valence-electron chi connectivity index (χ3n) is 7.17. The lowest BCUT2D eigenvalue weighted by molar-refractivity contribution is -0.126. The summed E-state index contributed by atoms with van der Waals surface area (Å²) in [6.07, 6.45) is 6.94. The molecule has 5 heterocycles. The number of anilines is 1. The van der Waals surface area contributed by atoms with Crippen LogP contribution in [0.3, 0.4) is 0 Å². The first kappa shape index (κ1) is 18.2. The summed E-state index contributed by atoms with van der Waals surface area (Å²) in [5.41, 5.74) is 1.75. The van der Waals surface area contributed by atoms with E-state index < -0.39 is 0 Å². The Morgan fingerprint density at radius 1 is 1.23 bits per heavy atom. The lowest BCUT2D eigenvalue weighted by Gasteiger charge is -2.34. The minimum Gasteiger partial charge on any atom is -0.495 e. The molecule has 3 aliphatic rings. The Bertz CT molecular complexity index is 1090. The Hall–Kier alpha value is -2.64. The van der Waals surface area contributed by atoms with Gasteiger partial charge in [-0.1, -0.05) is 12.1 Å². The smallest absolute Gasteiger partial charge is 0.248 e. The van der Waals surface area contributed by atoms with Crippen molar-refractivity contribution in [3.63, 3.8) is 0 Å². The number of benzene rings is 1. The van der Waals surface area contributed by atoms with Crippen molar-refractivity contribution in [2.24, 2.45) is 5.92 Å². The molecular formula is C23H24N4O2S. The maximum atomic E-state index is 13.9. The largest absolute Gasteiger partial charge is 0.495 e. The highest BCUT2D eigenvalue weighted by Crippen LogP contribution is 2.57. The zero-order valence-electron chi connectivity index (χ0n) is 16.9. The quantitative estimate of drug-likeness (QED) is 0.643. The lowest BCUT2D eigenvalue weighted by Crippen LogP contribution is -2.50. The third kappa shape index (κ3) is 2.33. The van der Waals surface area contributed by atoms with Gasteiger partial charge in [-0.2, -0.15) is 0 Å². The normalized spacial score (nSPS) is 28.2. The van der Waals surface area contributed by atoms with Crippen LogP contribution < -0.4 is 9.64 Å². The van der Waals surface area contributed by atoms with Crippen LogP contribution in [-0.4, -0.2) is 46.1 Å². The SMILES string of the molecule is COc1ccccc1N1C[C@@H]2C[C@@H](c3cccn3-c3nccs3)N3CCC[C@@]23C1=O. The van der Waals surface area contributed by atoms with E-state index in [-0.39, 0.29) is 17.5 Å². The van der Waals surface area contributed by atoms with Crippen molar-refractivity contribution in [2.75, 3.05) is 25.1 Å². The van der Waals surface area contributed by atoms with E-state index in [4.69, 9.17) is 4.74 Å². The fraction of sp³-hybridized carbons (Fsp3) is 0.391. The van der Waals surface area contributed by atoms with Crippen molar-refractivity contribution in [1.82, 2.24) is 14.5 Å². The first-order valence-electron chi connectivity index (χ1n) is 10.5. The predicted octanol–water partition coefficient (Wildman–Crippen LogP) is 3.88. The molecule has 0 radical (unpaired) electrons. The Balaban J connectivity index is 1.38. The first-order valence-corrected chi connectivity index (χ1v) is 11.4. The summed E-state index contributed by atoms with van der Waals surface area (Å²) in [4.78, 5) is 22.9. The molecule has 0 saturated carbocycles. The maximum Gasteiger partial charge on any atom is 0.248 e. The molecule has 3 aromatic rings. The molecule has 3 atom stereocenters. The van der Waals surface area contributed by atoms with Crippen molar-refractivity contribution in [3.05, 3.63) is 59.9 Å². The maximum absolute atomic E-state index is 13.9. The van der Waals surface area contributed by atoms with E-state index in [1.165, 1.54) is 5.69 Å². The second kappa shape index (κ2) is 6.68. The molecule has 0 unspecified atom stereocenters. The molecular weight excluding hydrogens is 396 g/mol. The third-order valence-corrected chi connectivity index (χ3v) is 7.94. The molecule has 1 amide bonds. The highest BCUT2D eigenvalue weighted by atomic mass is 32.1. The van der Waals surface area contributed by atoms with Gasteiger partial charge in [0.25, 0.3) is 0 Å². The van der Waals surface area contributed by atoms with Crippen molar-refractivity contribution in [1.29, 1.82) is 0 Å². The Kier molecular flexibility index (Phi) is 4.05. The van der Waals surface area contributed by atoms with Gasteiger partial charge in [-0.15, -0.1) is 11.3 Å². The number of thiazole rings is 1. The molecule has 3 fully saturated rings. The van der Waals surface area contributed by atoms with Crippen molar-refractivity contribution in [3.8, 4) is 10.9 Å². The average molecular weight is 421 g/mol. The number of methoxy groups -OCH3 is 1. The number of amides is 1. The number of para-hydroxylation sites is 2. The van der Waals surface area contributed by atoms with E-state index >= 15 is 0 Å². The molecule has 3 aliphatic heterocycles. The topological polar surface area (TPSA) is 50.6 Å². The van der Waals surface area contributed by atoms with E-state index in [1.54, 1.807) is 18.4 Å². The van der Waals surface area contributed by atoms with Gasteiger partial charge in [0.05, 0.1) is 18.8 Å². The summed E-state index contributed by atoms with van der Waals surface area (Å²) in [5.74, 6) is 1.33. The van der Waals surface area contributed by atoms with Gasteiger partial charge >= 0.3 is 0 Å². The van der Waals surface area contributed by atoms with E-state index in [2.05, 4.69) is 32.8 Å². The number of nitrogens with zero attached hydrogens (tertiary/aromatic N) is 4. The van der Waals surface area contributed by atoms with Crippen LogP contribution in [0.25, 0.3) is 5.13 Å². The van der Waals surface area contributed by atoms with Gasteiger partial charge < -0.3 is 9.64 Å². The minimum atomic E-state index is -0.385. The van der Waals surface area contributed by atoms with Crippen LogP contribution in [0.5, 0.6) is 5.75 Å². The first-order chi connectivity index (χ1) is 14.7. The number of hydrogen-bond donors (Lipinski definition) is 0. The second-order valence-corrected chi connectivity index (χ2v) is 9.25. The highest BCUT2D eigenvalue weighted by molar-refractivity contribution is 7.12. The Morgan fingerprint density at radius 2 is 2.13 bits per heavy atom. The molecule has 0 bridgehead atoms. The molecule has 30 heavy (non-hydrogen) atoms. The summed E-state index contributed by atoms with van der Waals surface area (Å²) < 4.78 is 7.76. The minimum absolute atomic E-state index is 0.240. The molecule has 6 rings (SSSR count). The van der Waals surface area contributed by atoms with Gasteiger partial charge in [0.1, 0.15) is 11.3 Å². The van der Waals surface area contributed by atoms with Crippen LogP contribution >= 0.6 is 11.3 Å². The zero-order valence-corrected chi connectivity index (χ0v) is 17.7. The fourth-order valence-corrected chi connectivity index (χ4v) is 6.65. The van der Waals surface area contributed by atoms with E-state index in [9.17, 15) is 4.79 Å². The number of carbonyl (C=O) groups is 1. The molecule has 6 nitrogen and oxygen atoms in total. The van der Waals surface area contributed by atoms with Gasteiger partial charge in [0.2, 0.25) is 5.91 Å². The molecule has 1 spiro atoms. The van der Waals surface area contributed by atoms with Crippen LogP contribution in [0.4, 0.5) is 5.69 Å². The van der Waals surface area contributed by atoms with Crippen molar-refractivity contribution < 1.29 is 9.53 Å². The van der Waals surface area contributed by atoms with Crippen LogP contribution in [0.2, 0.25) is 0 Å². The molecule has 0 N–H and O–H groups in total.